The number of carbonyl (C=O) groups excluding carboxylic acids is 1. The van der Waals surface area contributed by atoms with Crippen molar-refractivity contribution in [2.45, 2.75) is 51.0 Å². The first-order valence-corrected chi connectivity index (χ1v) is 7.60. The first-order chi connectivity index (χ1) is 10.1. The summed E-state index contributed by atoms with van der Waals surface area (Å²) in [7, 11) is 0. The van der Waals surface area contributed by atoms with E-state index in [1.54, 1.807) is 0 Å². The predicted molar refractivity (Wildman–Crippen MR) is 89.3 cm³/mol. The van der Waals surface area contributed by atoms with Crippen LogP contribution in [-0.4, -0.2) is 16.4 Å². The van der Waals surface area contributed by atoms with Gasteiger partial charge in [0.05, 0.1) is 5.54 Å². The molecule has 22 heavy (non-hydrogen) atoms. The number of nitrogens with one attached hydrogen (secondary N) is 1. The van der Waals surface area contributed by atoms with E-state index in [9.17, 15) is 4.79 Å². The van der Waals surface area contributed by atoms with Gasteiger partial charge in [0, 0.05) is 12.1 Å². The Morgan fingerprint density at radius 3 is 2.77 bits per heavy atom. The lowest BCUT2D eigenvalue weighted by atomic mass is 9.82. The molecule has 0 unspecified atom stereocenters. The number of hydrogen-bond acceptors (Lipinski definition) is 4. The van der Waals surface area contributed by atoms with Crippen LogP contribution in [-0.2, 0) is 11.2 Å². The van der Waals surface area contributed by atoms with E-state index in [0.717, 1.165) is 55.3 Å². The number of fused-ring (bicyclic) bond motifs is 1. The lowest BCUT2D eigenvalue weighted by Gasteiger charge is -2.31. The molecule has 0 atom stereocenters. The van der Waals surface area contributed by atoms with Gasteiger partial charge in [-0.2, -0.15) is 0 Å². The Kier molecular flexibility index (Phi) is 5.08. The van der Waals surface area contributed by atoms with E-state index in [1.165, 1.54) is 0 Å². The molecule has 5 nitrogen and oxygen atoms in total. The molecule has 1 saturated carbocycles. The Bertz CT molecular complexity index is 662. The summed E-state index contributed by atoms with van der Waals surface area (Å²) in [4.78, 5) is 16.8. The van der Waals surface area contributed by atoms with Crippen molar-refractivity contribution in [1.82, 2.24) is 4.98 Å². The number of amides is 1. The lowest BCUT2D eigenvalue weighted by molar-refractivity contribution is -0.122. The minimum absolute atomic E-state index is 0. The standard InChI is InChI=1S/C16H21N3O2.ClH/c1-2-14-19-12-10-11(6-7-13(12)21-14)18-15(20)16(17)8-4-3-5-9-16;/h6-7,10H,2-5,8-9,17H2,1H3,(H,18,20);1H. The van der Waals surface area contributed by atoms with E-state index < -0.39 is 5.54 Å². The SMILES string of the molecule is CCc1nc2cc(NC(=O)C3(N)CCCCC3)ccc2o1.Cl. The molecule has 3 rings (SSSR count). The third-order valence-electron chi connectivity index (χ3n) is 4.19. The van der Waals surface area contributed by atoms with Gasteiger partial charge in [-0.1, -0.05) is 26.2 Å². The van der Waals surface area contributed by atoms with Crippen LogP contribution in [0.15, 0.2) is 22.6 Å². The van der Waals surface area contributed by atoms with E-state index >= 15 is 0 Å². The van der Waals surface area contributed by atoms with E-state index in [2.05, 4.69) is 10.3 Å². The zero-order chi connectivity index (χ0) is 14.9. The maximum Gasteiger partial charge on any atom is 0.244 e. The first kappa shape index (κ1) is 16.8. The van der Waals surface area contributed by atoms with Crippen molar-refractivity contribution in [2.24, 2.45) is 5.73 Å². The Labute approximate surface area is 136 Å². The zero-order valence-corrected chi connectivity index (χ0v) is 13.5. The normalized spacial score (nSPS) is 17.0. The fourth-order valence-corrected chi connectivity index (χ4v) is 2.87. The Balaban J connectivity index is 0.00000176. The van der Waals surface area contributed by atoms with Crippen LogP contribution in [0.25, 0.3) is 11.1 Å². The number of rotatable bonds is 3. The topological polar surface area (TPSA) is 81.2 Å². The summed E-state index contributed by atoms with van der Waals surface area (Å²) in [5.41, 5.74) is 7.74. The highest BCUT2D eigenvalue weighted by Gasteiger charge is 2.35. The molecule has 1 heterocycles. The molecule has 0 radical (unpaired) electrons. The molecular formula is C16H22ClN3O2. The minimum atomic E-state index is -0.731. The molecule has 0 aliphatic heterocycles. The molecule has 1 fully saturated rings. The second-order valence-electron chi connectivity index (χ2n) is 5.81. The molecule has 2 aromatic rings. The molecular weight excluding hydrogens is 302 g/mol. The molecule has 1 aliphatic rings. The van der Waals surface area contributed by atoms with Crippen LogP contribution in [0.1, 0.15) is 44.9 Å². The number of nitrogens with zero attached hydrogens (tertiary/aromatic N) is 1. The maximum atomic E-state index is 12.4. The van der Waals surface area contributed by atoms with Crippen molar-refractivity contribution >= 4 is 35.1 Å². The second-order valence-corrected chi connectivity index (χ2v) is 5.81. The fraction of sp³-hybridized carbons (Fsp3) is 0.500. The van der Waals surface area contributed by atoms with Crippen molar-refractivity contribution in [3.05, 3.63) is 24.1 Å². The summed E-state index contributed by atoms with van der Waals surface area (Å²) in [6, 6.07) is 5.50. The molecule has 0 bridgehead atoms. The summed E-state index contributed by atoms with van der Waals surface area (Å²) in [6.45, 7) is 1.99. The van der Waals surface area contributed by atoms with Crippen molar-refractivity contribution in [2.75, 3.05) is 5.32 Å². The third-order valence-corrected chi connectivity index (χ3v) is 4.19. The van der Waals surface area contributed by atoms with E-state index in [0.29, 0.717) is 5.89 Å². The van der Waals surface area contributed by atoms with Crippen molar-refractivity contribution in [3.63, 3.8) is 0 Å². The summed E-state index contributed by atoms with van der Waals surface area (Å²) in [5, 5.41) is 2.93. The number of aromatic nitrogens is 1. The number of anilines is 1. The average Bonchev–Trinajstić information content (AvgIpc) is 2.90. The van der Waals surface area contributed by atoms with Crippen LogP contribution in [0.5, 0.6) is 0 Å². The van der Waals surface area contributed by atoms with Gasteiger partial charge in [0.2, 0.25) is 5.91 Å². The maximum absolute atomic E-state index is 12.4. The van der Waals surface area contributed by atoms with Gasteiger partial charge in [-0.25, -0.2) is 4.98 Å². The third kappa shape index (κ3) is 3.25. The fourth-order valence-electron chi connectivity index (χ4n) is 2.87. The van der Waals surface area contributed by atoms with Crippen LogP contribution < -0.4 is 11.1 Å². The number of hydrogen-bond donors (Lipinski definition) is 2. The molecule has 0 saturated heterocycles. The average molecular weight is 324 g/mol. The molecule has 3 N–H and O–H groups in total. The highest BCUT2D eigenvalue weighted by molar-refractivity contribution is 5.99. The lowest BCUT2D eigenvalue weighted by Crippen LogP contribution is -2.52. The molecule has 1 amide bonds. The van der Waals surface area contributed by atoms with Gasteiger partial charge in [-0.3, -0.25) is 4.79 Å². The number of oxazole rings is 1. The van der Waals surface area contributed by atoms with Crippen LogP contribution in [0.4, 0.5) is 5.69 Å². The van der Waals surface area contributed by atoms with Crippen LogP contribution in [0, 0.1) is 0 Å². The highest BCUT2D eigenvalue weighted by atomic mass is 35.5. The van der Waals surface area contributed by atoms with Crippen LogP contribution >= 0.6 is 12.4 Å². The first-order valence-electron chi connectivity index (χ1n) is 7.60. The summed E-state index contributed by atoms with van der Waals surface area (Å²) < 4.78 is 5.56. The van der Waals surface area contributed by atoms with Gasteiger partial charge in [0.1, 0.15) is 5.52 Å². The number of halogens is 1. The Morgan fingerprint density at radius 1 is 1.36 bits per heavy atom. The smallest absolute Gasteiger partial charge is 0.244 e. The number of carbonyl (C=O) groups is 1. The number of benzene rings is 1. The molecule has 120 valence electrons. The summed E-state index contributed by atoms with van der Waals surface area (Å²) >= 11 is 0. The van der Waals surface area contributed by atoms with Gasteiger partial charge < -0.3 is 15.5 Å². The second kappa shape index (κ2) is 6.67. The van der Waals surface area contributed by atoms with Crippen LogP contribution in [0.3, 0.4) is 0 Å². The number of aryl methyl sites for hydroxylation is 1. The van der Waals surface area contributed by atoms with Crippen molar-refractivity contribution in [3.8, 4) is 0 Å². The molecule has 0 spiro atoms. The predicted octanol–water partition coefficient (Wildman–Crippen LogP) is 3.41. The molecule has 6 heteroatoms. The van der Waals surface area contributed by atoms with Gasteiger partial charge in [0.15, 0.2) is 11.5 Å². The largest absolute Gasteiger partial charge is 0.441 e. The molecule has 1 aliphatic carbocycles. The zero-order valence-electron chi connectivity index (χ0n) is 12.7. The summed E-state index contributed by atoms with van der Waals surface area (Å²) in [6.07, 6.45) is 5.47. The Morgan fingerprint density at radius 2 is 2.09 bits per heavy atom. The van der Waals surface area contributed by atoms with E-state index in [-0.39, 0.29) is 18.3 Å². The summed E-state index contributed by atoms with van der Waals surface area (Å²) in [5.74, 6) is 0.608. The Hall–Kier alpha value is -1.59. The van der Waals surface area contributed by atoms with Crippen LogP contribution in [0.2, 0.25) is 0 Å². The quantitative estimate of drug-likeness (QED) is 0.907. The van der Waals surface area contributed by atoms with Gasteiger partial charge in [0.25, 0.3) is 0 Å². The van der Waals surface area contributed by atoms with E-state index in [4.69, 9.17) is 10.2 Å². The van der Waals surface area contributed by atoms with Gasteiger partial charge in [-0.05, 0) is 31.0 Å². The minimum Gasteiger partial charge on any atom is -0.441 e. The van der Waals surface area contributed by atoms with E-state index in [1.807, 2.05) is 25.1 Å². The molecule has 1 aromatic carbocycles. The van der Waals surface area contributed by atoms with Gasteiger partial charge >= 0.3 is 0 Å². The number of nitrogens with two attached hydrogens (primary N) is 1. The highest BCUT2D eigenvalue weighted by Crippen LogP contribution is 2.28. The van der Waals surface area contributed by atoms with Crippen molar-refractivity contribution < 1.29 is 9.21 Å². The van der Waals surface area contributed by atoms with Crippen molar-refractivity contribution in [1.29, 1.82) is 0 Å². The molecule has 1 aromatic heterocycles. The monoisotopic (exact) mass is 323 g/mol. The van der Waals surface area contributed by atoms with Gasteiger partial charge in [-0.15, -0.1) is 12.4 Å².